The summed E-state index contributed by atoms with van der Waals surface area (Å²) in [5, 5.41) is 19.7. The summed E-state index contributed by atoms with van der Waals surface area (Å²) in [6.45, 7) is -0.213. The van der Waals surface area contributed by atoms with Crippen molar-refractivity contribution in [3.8, 4) is 0 Å². The molecule has 0 aromatic rings. The molecule has 3 N–H and O–H groups in total. The molecule has 0 aromatic heterocycles. The minimum Gasteiger partial charge on any atom is -0.479 e. The van der Waals surface area contributed by atoms with Crippen LogP contribution in [0.1, 0.15) is 6.42 Å². The molecule has 1 unspecified atom stereocenters. The van der Waals surface area contributed by atoms with Crippen LogP contribution in [0.15, 0.2) is 0 Å². The zero-order chi connectivity index (χ0) is 10.6. The highest BCUT2D eigenvalue weighted by Crippen LogP contribution is 2.23. The monoisotopic (exact) mass is 219 g/mol. The predicted octanol–water partition coefficient (Wildman–Crippen LogP) is -0.699. The van der Waals surface area contributed by atoms with Gasteiger partial charge in [-0.1, -0.05) is 0 Å². The summed E-state index contributed by atoms with van der Waals surface area (Å²) in [6, 6.07) is 0. The Bertz CT molecular complexity index is 227. The Hall–Kier alpha value is -0.750. The molecule has 1 fully saturated rings. The highest BCUT2D eigenvalue weighted by atomic mass is 32.2. The molecule has 1 aliphatic rings. The standard InChI is InChI=1S/C8H13NO4S/c10-6(8(12)13)3-9-7(11)5-1-2-14-4-5/h5-6,10H,1-4H2,(H,9,11)(H,12,13)/t5?,6-/m0/s1. The predicted molar refractivity (Wildman–Crippen MR) is 52.1 cm³/mol. The van der Waals surface area contributed by atoms with Crippen LogP contribution in [0.2, 0.25) is 0 Å². The Balaban J connectivity index is 2.23. The number of carbonyl (C=O) groups is 2. The van der Waals surface area contributed by atoms with Crippen molar-refractivity contribution in [2.24, 2.45) is 5.92 Å². The van der Waals surface area contributed by atoms with Crippen LogP contribution < -0.4 is 5.32 Å². The first-order valence-electron chi connectivity index (χ1n) is 4.37. The highest BCUT2D eigenvalue weighted by Gasteiger charge is 2.24. The minimum atomic E-state index is -1.51. The van der Waals surface area contributed by atoms with Crippen molar-refractivity contribution in [3.05, 3.63) is 0 Å². The van der Waals surface area contributed by atoms with Gasteiger partial charge in [-0.2, -0.15) is 11.8 Å². The molecular weight excluding hydrogens is 206 g/mol. The lowest BCUT2D eigenvalue weighted by atomic mass is 10.1. The number of amides is 1. The third-order valence-electron chi connectivity index (χ3n) is 2.06. The first-order chi connectivity index (χ1) is 6.61. The summed E-state index contributed by atoms with van der Waals surface area (Å²) < 4.78 is 0. The van der Waals surface area contributed by atoms with Crippen LogP contribution in [0.5, 0.6) is 0 Å². The molecule has 1 saturated heterocycles. The number of aliphatic hydroxyl groups excluding tert-OH is 1. The van der Waals surface area contributed by atoms with Gasteiger partial charge in [-0.3, -0.25) is 4.79 Å². The van der Waals surface area contributed by atoms with E-state index < -0.39 is 12.1 Å². The van der Waals surface area contributed by atoms with E-state index in [2.05, 4.69) is 5.32 Å². The second-order valence-electron chi connectivity index (χ2n) is 3.16. The van der Waals surface area contributed by atoms with E-state index in [0.717, 1.165) is 17.9 Å². The zero-order valence-corrected chi connectivity index (χ0v) is 8.42. The summed E-state index contributed by atoms with van der Waals surface area (Å²) >= 11 is 1.71. The maximum absolute atomic E-state index is 11.3. The fourth-order valence-electron chi connectivity index (χ4n) is 1.17. The molecule has 6 heteroatoms. The van der Waals surface area contributed by atoms with Gasteiger partial charge < -0.3 is 15.5 Å². The molecule has 1 heterocycles. The van der Waals surface area contributed by atoms with E-state index in [9.17, 15) is 9.59 Å². The summed E-state index contributed by atoms with van der Waals surface area (Å²) in [6.07, 6.45) is -0.673. The Morgan fingerprint density at radius 3 is 2.79 bits per heavy atom. The summed E-state index contributed by atoms with van der Waals surface area (Å²) in [7, 11) is 0. The minimum absolute atomic E-state index is 0.0269. The molecule has 0 bridgehead atoms. The Kier molecular flexibility index (Phi) is 4.21. The van der Waals surface area contributed by atoms with Crippen molar-refractivity contribution in [2.75, 3.05) is 18.1 Å². The average molecular weight is 219 g/mol. The van der Waals surface area contributed by atoms with E-state index in [-0.39, 0.29) is 18.4 Å². The molecule has 1 aliphatic heterocycles. The topological polar surface area (TPSA) is 86.6 Å². The average Bonchev–Trinajstić information content (AvgIpc) is 2.66. The van der Waals surface area contributed by atoms with Crippen molar-refractivity contribution < 1.29 is 19.8 Å². The van der Waals surface area contributed by atoms with Gasteiger partial charge in [0.2, 0.25) is 5.91 Å². The van der Waals surface area contributed by atoms with E-state index in [1.54, 1.807) is 11.8 Å². The number of hydrogen-bond acceptors (Lipinski definition) is 4. The quantitative estimate of drug-likeness (QED) is 0.582. The summed E-state index contributed by atoms with van der Waals surface area (Å²) in [5.74, 6) is 0.261. The second-order valence-corrected chi connectivity index (χ2v) is 4.31. The molecule has 0 radical (unpaired) electrons. The van der Waals surface area contributed by atoms with Crippen molar-refractivity contribution >= 4 is 23.6 Å². The van der Waals surface area contributed by atoms with Gasteiger partial charge in [0.15, 0.2) is 6.10 Å². The lowest BCUT2D eigenvalue weighted by Gasteiger charge is -2.11. The van der Waals surface area contributed by atoms with E-state index in [1.807, 2.05) is 0 Å². The van der Waals surface area contributed by atoms with Gasteiger partial charge in [-0.05, 0) is 12.2 Å². The van der Waals surface area contributed by atoms with Gasteiger partial charge in [-0.15, -0.1) is 0 Å². The van der Waals surface area contributed by atoms with Crippen molar-refractivity contribution in [1.29, 1.82) is 0 Å². The molecule has 0 aliphatic carbocycles. The van der Waals surface area contributed by atoms with Crippen LogP contribution in [0.25, 0.3) is 0 Å². The third-order valence-corrected chi connectivity index (χ3v) is 3.22. The normalized spacial score (nSPS) is 23.1. The largest absolute Gasteiger partial charge is 0.479 e. The van der Waals surface area contributed by atoms with E-state index in [0.29, 0.717) is 0 Å². The number of rotatable bonds is 4. The molecule has 0 saturated carbocycles. The zero-order valence-electron chi connectivity index (χ0n) is 7.60. The smallest absolute Gasteiger partial charge is 0.334 e. The Morgan fingerprint density at radius 1 is 1.57 bits per heavy atom. The number of carbonyl (C=O) groups excluding carboxylic acids is 1. The lowest BCUT2D eigenvalue weighted by Crippen LogP contribution is -2.39. The number of carboxylic acid groups (broad SMARTS) is 1. The molecular formula is C8H13NO4S. The maximum Gasteiger partial charge on any atom is 0.334 e. The van der Waals surface area contributed by atoms with Crippen LogP contribution in [-0.4, -0.2) is 46.2 Å². The maximum atomic E-state index is 11.3. The number of nitrogens with one attached hydrogen (secondary N) is 1. The molecule has 0 spiro atoms. The molecule has 1 rings (SSSR count). The second kappa shape index (κ2) is 5.21. The van der Waals surface area contributed by atoms with Crippen LogP contribution >= 0.6 is 11.8 Å². The molecule has 14 heavy (non-hydrogen) atoms. The molecule has 0 aromatic carbocycles. The molecule has 1 amide bonds. The first-order valence-corrected chi connectivity index (χ1v) is 5.53. The fourth-order valence-corrected chi connectivity index (χ4v) is 2.39. The number of aliphatic carboxylic acids is 1. The van der Waals surface area contributed by atoms with Crippen molar-refractivity contribution in [2.45, 2.75) is 12.5 Å². The van der Waals surface area contributed by atoms with E-state index >= 15 is 0 Å². The van der Waals surface area contributed by atoms with E-state index in [4.69, 9.17) is 10.2 Å². The van der Waals surface area contributed by atoms with Gasteiger partial charge in [-0.25, -0.2) is 4.79 Å². The van der Waals surface area contributed by atoms with Crippen LogP contribution in [0.4, 0.5) is 0 Å². The SMILES string of the molecule is O=C(NC[C@H](O)C(=O)O)C1CCSC1. The fraction of sp³-hybridized carbons (Fsp3) is 0.750. The molecule has 5 nitrogen and oxygen atoms in total. The van der Waals surface area contributed by atoms with Crippen molar-refractivity contribution in [3.63, 3.8) is 0 Å². The number of carboxylic acids is 1. The van der Waals surface area contributed by atoms with Gasteiger partial charge in [0.1, 0.15) is 0 Å². The lowest BCUT2D eigenvalue weighted by molar-refractivity contribution is -0.146. The van der Waals surface area contributed by atoms with Crippen molar-refractivity contribution in [1.82, 2.24) is 5.32 Å². The number of aliphatic hydroxyl groups is 1. The summed E-state index contributed by atoms with van der Waals surface area (Å²) in [4.78, 5) is 21.6. The van der Waals surface area contributed by atoms with E-state index in [1.165, 1.54) is 0 Å². The molecule has 2 atom stereocenters. The Morgan fingerprint density at radius 2 is 2.29 bits per heavy atom. The van der Waals surface area contributed by atoms with Crippen LogP contribution in [0, 0.1) is 5.92 Å². The van der Waals surface area contributed by atoms with Crippen LogP contribution in [-0.2, 0) is 9.59 Å². The third kappa shape index (κ3) is 3.19. The molecule has 80 valence electrons. The van der Waals surface area contributed by atoms with Crippen LogP contribution in [0.3, 0.4) is 0 Å². The number of thioether (sulfide) groups is 1. The van der Waals surface area contributed by atoms with Gasteiger partial charge in [0.25, 0.3) is 0 Å². The Labute approximate surface area is 85.9 Å². The van der Waals surface area contributed by atoms with Gasteiger partial charge >= 0.3 is 5.97 Å². The number of hydrogen-bond donors (Lipinski definition) is 3. The highest BCUT2D eigenvalue weighted by molar-refractivity contribution is 7.99. The van der Waals surface area contributed by atoms with Gasteiger partial charge in [0.05, 0.1) is 6.54 Å². The first kappa shape index (κ1) is 11.3. The summed E-state index contributed by atoms with van der Waals surface area (Å²) in [5.41, 5.74) is 0. The van der Waals surface area contributed by atoms with Gasteiger partial charge in [0, 0.05) is 11.7 Å².